The van der Waals surface area contributed by atoms with Gasteiger partial charge in [-0.25, -0.2) is 12.8 Å². The average molecular weight is 444 g/mol. The van der Waals surface area contributed by atoms with Crippen molar-refractivity contribution in [3.05, 3.63) is 56.2 Å². The molecule has 0 heterocycles. The van der Waals surface area contributed by atoms with E-state index >= 15 is 0 Å². The maximum atomic E-state index is 13.4. The fraction of sp³-hybridized carbons (Fsp3) is 0. The summed E-state index contributed by atoms with van der Waals surface area (Å²) in [5.74, 6) is -0.655. The smallest absolute Gasteiger partial charge is 0.262 e. The van der Waals surface area contributed by atoms with Crippen LogP contribution in [0.3, 0.4) is 0 Å². The Hall–Kier alpha value is -0.630. The van der Waals surface area contributed by atoms with Gasteiger partial charge >= 0.3 is 0 Å². The Morgan fingerprint density at radius 1 is 1.15 bits per heavy atom. The number of hydrogen-bond donors (Lipinski definition) is 1. The number of benzene rings is 2. The van der Waals surface area contributed by atoms with Crippen molar-refractivity contribution >= 4 is 59.2 Å². The Morgan fingerprint density at radius 3 is 2.50 bits per heavy atom. The lowest BCUT2D eigenvalue weighted by atomic mass is 10.3. The van der Waals surface area contributed by atoms with Gasteiger partial charge in [0, 0.05) is 0 Å². The topological polar surface area (TPSA) is 46.2 Å². The van der Waals surface area contributed by atoms with Gasteiger partial charge in [-0.3, -0.25) is 4.72 Å². The van der Waals surface area contributed by atoms with E-state index in [0.717, 1.165) is 6.07 Å². The zero-order chi connectivity index (χ0) is 14.9. The summed E-state index contributed by atoms with van der Waals surface area (Å²) in [6.07, 6.45) is 0. The number of anilines is 1. The molecule has 0 aliphatic rings. The predicted octanol–water partition coefficient (Wildman–Crippen LogP) is 4.80. The summed E-state index contributed by atoms with van der Waals surface area (Å²) >= 11 is 12.0. The van der Waals surface area contributed by atoms with Crippen LogP contribution in [-0.4, -0.2) is 8.42 Å². The first kappa shape index (κ1) is 15.8. The van der Waals surface area contributed by atoms with Crippen LogP contribution >= 0.6 is 43.5 Å². The highest BCUT2D eigenvalue weighted by Gasteiger charge is 2.17. The fourth-order valence-electron chi connectivity index (χ4n) is 1.43. The van der Waals surface area contributed by atoms with E-state index in [1.807, 2.05) is 0 Å². The summed E-state index contributed by atoms with van der Waals surface area (Å²) in [6, 6.07) is 8.33. The maximum Gasteiger partial charge on any atom is 0.262 e. The van der Waals surface area contributed by atoms with Gasteiger partial charge in [0.25, 0.3) is 10.0 Å². The van der Waals surface area contributed by atoms with Gasteiger partial charge in [-0.05, 0) is 62.2 Å². The molecule has 0 amide bonds. The number of nitrogens with one attached hydrogen (secondary N) is 1. The van der Waals surface area contributed by atoms with Crippen molar-refractivity contribution in [1.82, 2.24) is 0 Å². The summed E-state index contributed by atoms with van der Waals surface area (Å²) in [4.78, 5) is -0.176. The molecule has 0 spiro atoms. The third-order valence-corrected chi connectivity index (χ3v) is 5.80. The number of sulfonamides is 1. The van der Waals surface area contributed by atoms with Crippen LogP contribution in [0.1, 0.15) is 0 Å². The predicted molar refractivity (Wildman–Crippen MR) is 84.1 cm³/mol. The Morgan fingerprint density at radius 2 is 1.85 bits per heavy atom. The molecule has 0 saturated heterocycles. The van der Waals surface area contributed by atoms with Crippen LogP contribution in [0, 0.1) is 5.82 Å². The molecule has 0 aromatic heterocycles. The minimum absolute atomic E-state index is 0.176. The van der Waals surface area contributed by atoms with Crippen LogP contribution in [0.25, 0.3) is 0 Å². The molecule has 0 atom stereocenters. The van der Waals surface area contributed by atoms with E-state index in [0.29, 0.717) is 9.50 Å². The normalized spacial score (nSPS) is 11.4. The first-order valence-electron chi connectivity index (χ1n) is 5.23. The molecule has 0 bridgehead atoms. The molecule has 0 aliphatic heterocycles. The van der Waals surface area contributed by atoms with Crippen molar-refractivity contribution in [3.8, 4) is 0 Å². The van der Waals surface area contributed by atoms with E-state index in [1.54, 1.807) is 18.2 Å². The molecule has 1 N–H and O–H groups in total. The minimum Gasteiger partial charge on any atom is -0.278 e. The second-order valence-corrected chi connectivity index (χ2v) is 7.52. The Kier molecular flexibility index (Phi) is 4.73. The van der Waals surface area contributed by atoms with Crippen molar-refractivity contribution in [2.24, 2.45) is 0 Å². The molecule has 0 fully saturated rings. The summed E-state index contributed by atoms with van der Waals surface area (Å²) in [5, 5.41) is 0.368. The monoisotopic (exact) mass is 441 g/mol. The summed E-state index contributed by atoms with van der Waals surface area (Å²) < 4.78 is 40.7. The zero-order valence-corrected chi connectivity index (χ0v) is 14.4. The van der Waals surface area contributed by atoms with Crippen molar-refractivity contribution in [3.63, 3.8) is 0 Å². The van der Waals surface area contributed by atoms with E-state index < -0.39 is 15.8 Å². The molecule has 106 valence electrons. The van der Waals surface area contributed by atoms with Crippen molar-refractivity contribution in [2.45, 2.75) is 4.90 Å². The molecule has 0 aliphatic carbocycles. The van der Waals surface area contributed by atoms with Gasteiger partial charge in [-0.1, -0.05) is 17.7 Å². The summed E-state index contributed by atoms with van der Waals surface area (Å²) in [5.41, 5.74) is 0.279. The Labute approximate surface area is 137 Å². The van der Waals surface area contributed by atoms with Crippen LogP contribution in [0.2, 0.25) is 5.02 Å². The number of rotatable bonds is 3. The molecule has 2 aromatic carbocycles. The first-order chi connectivity index (χ1) is 9.31. The third kappa shape index (κ3) is 3.33. The van der Waals surface area contributed by atoms with Crippen LogP contribution in [0.15, 0.2) is 50.2 Å². The second kappa shape index (κ2) is 6.01. The van der Waals surface area contributed by atoms with E-state index in [1.165, 1.54) is 12.1 Å². The van der Waals surface area contributed by atoms with Gasteiger partial charge in [-0.2, -0.15) is 0 Å². The third-order valence-electron chi connectivity index (χ3n) is 2.40. The fourth-order valence-corrected chi connectivity index (χ4v) is 3.43. The number of hydrogen-bond acceptors (Lipinski definition) is 2. The largest absolute Gasteiger partial charge is 0.278 e. The summed E-state index contributed by atoms with van der Waals surface area (Å²) in [7, 11) is -3.89. The van der Waals surface area contributed by atoms with Gasteiger partial charge in [0.2, 0.25) is 0 Å². The van der Waals surface area contributed by atoms with Gasteiger partial charge < -0.3 is 0 Å². The molecule has 0 saturated carbocycles. The first-order valence-corrected chi connectivity index (χ1v) is 8.68. The molecule has 2 aromatic rings. The molecule has 2 rings (SSSR count). The van der Waals surface area contributed by atoms with Crippen molar-refractivity contribution in [2.75, 3.05) is 4.72 Å². The Bertz CT molecular complexity index is 768. The van der Waals surface area contributed by atoms with E-state index in [4.69, 9.17) is 11.6 Å². The second-order valence-electron chi connectivity index (χ2n) is 3.78. The standard InChI is InChI=1S/C12H7Br2ClFNO2S/c13-8-5-4-7(6-10(8)16)20(18,19)17-11-3-1-2-9(15)12(11)14/h1-6,17H. The summed E-state index contributed by atoms with van der Waals surface area (Å²) in [6.45, 7) is 0. The lowest BCUT2D eigenvalue weighted by Crippen LogP contribution is -2.13. The van der Waals surface area contributed by atoms with Crippen molar-refractivity contribution < 1.29 is 12.8 Å². The molecule has 20 heavy (non-hydrogen) atoms. The molecule has 3 nitrogen and oxygen atoms in total. The van der Waals surface area contributed by atoms with E-state index in [9.17, 15) is 12.8 Å². The number of halogens is 4. The van der Waals surface area contributed by atoms with Crippen LogP contribution in [-0.2, 0) is 10.0 Å². The molecular weight excluding hydrogens is 436 g/mol. The quantitative estimate of drug-likeness (QED) is 0.741. The van der Waals surface area contributed by atoms with E-state index in [-0.39, 0.29) is 15.1 Å². The highest BCUT2D eigenvalue weighted by molar-refractivity contribution is 9.11. The van der Waals surface area contributed by atoms with Gasteiger partial charge in [-0.15, -0.1) is 0 Å². The molecular formula is C12H7Br2ClFNO2S. The zero-order valence-electron chi connectivity index (χ0n) is 9.70. The van der Waals surface area contributed by atoms with Crippen LogP contribution < -0.4 is 4.72 Å². The van der Waals surface area contributed by atoms with Gasteiger partial charge in [0.15, 0.2) is 0 Å². The average Bonchev–Trinajstić information content (AvgIpc) is 2.38. The minimum atomic E-state index is -3.89. The lowest BCUT2D eigenvalue weighted by molar-refractivity contribution is 0.593. The molecule has 0 unspecified atom stereocenters. The SMILES string of the molecule is O=S(=O)(Nc1cccc(Cl)c1Br)c1ccc(Br)c(F)c1. The van der Waals surface area contributed by atoms with Crippen molar-refractivity contribution in [1.29, 1.82) is 0 Å². The van der Waals surface area contributed by atoms with Gasteiger partial charge in [0.1, 0.15) is 5.82 Å². The highest BCUT2D eigenvalue weighted by Crippen LogP contribution is 2.31. The highest BCUT2D eigenvalue weighted by atomic mass is 79.9. The van der Waals surface area contributed by atoms with Gasteiger partial charge in [0.05, 0.1) is 24.6 Å². The van der Waals surface area contributed by atoms with Crippen LogP contribution in [0.5, 0.6) is 0 Å². The van der Waals surface area contributed by atoms with Crippen LogP contribution in [0.4, 0.5) is 10.1 Å². The lowest BCUT2D eigenvalue weighted by Gasteiger charge is -2.10. The Balaban J connectivity index is 2.41. The molecule has 0 radical (unpaired) electrons. The maximum absolute atomic E-state index is 13.4. The van der Waals surface area contributed by atoms with E-state index in [2.05, 4.69) is 36.6 Å². The molecule has 8 heteroatoms.